The SMILES string of the molecule is CC1=NOC(C)(COc2cc(C(=O)N(c3ccccc3)c3c(Cl)cncc3Cl)ccc2OCc2ccccc2)C1. The van der Waals surface area contributed by atoms with Crippen LogP contribution < -0.4 is 14.4 Å². The Kier molecular flexibility index (Phi) is 8.24. The van der Waals surface area contributed by atoms with Crippen LogP contribution in [0.15, 0.2) is 96.4 Å². The number of oxime groups is 1. The van der Waals surface area contributed by atoms with Gasteiger partial charge in [0, 0.05) is 30.1 Å². The number of carbonyl (C=O) groups is 1. The second-order valence-electron chi connectivity index (χ2n) is 9.70. The molecule has 9 heteroatoms. The van der Waals surface area contributed by atoms with Crippen molar-refractivity contribution in [3.8, 4) is 11.5 Å². The van der Waals surface area contributed by atoms with Crippen LogP contribution in [-0.4, -0.2) is 28.8 Å². The van der Waals surface area contributed by atoms with Crippen molar-refractivity contribution in [3.63, 3.8) is 0 Å². The molecule has 1 unspecified atom stereocenters. The fourth-order valence-corrected chi connectivity index (χ4v) is 4.92. The number of nitrogens with zero attached hydrogens (tertiary/aromatic N) is 3. The van der Waals surface area contributed by atoms with Crippen LogP contribution in [0.4, 0.5) is 11.4 Å². The Morgan fingerprint density at radius 3 is 2.27 bits per heavy atom. The highest BCUT2D eigenvalue weighted by Crippen LogP contribution is 2.39. The monoisotopic (exact) mass is 575 g/mol. The molecule has 2 heterocycles. The molecule has 7 nitrogen and oxygen atoms in total. The third-order valence-electron chi connectivity index (χ3n) is 6.28. The number of rotatable bonds is 9. The van der Waals surface area contributed by atoms with Gasteiger partial charge in [-0.05, 0) is 49.7 Å². The van der Waals surface area contributed by atoms with E-state index in [1.165, 1.54) is 17.3 Å². The van der Waals surface area contributed by atoms with Gasteiger partial charge in [-0.1, -0.05) is 76.9 Å². The molecule has 0 N–H and O–H groups in total. The van der Waals surface area contributed by atoms with E-state index in [-0.39, 0.29) is 22.6 Å². The molecule has 0 radical (unpaired) electrons. The summed E-state index contributed by atoms with van der Waals surface area (Å²) >= 11 is 13.0. The first kappa shape index (κ1) is 27.5. The zero-order valence-electron chi connectivity index (χ0n) is 22.0. The van der Waals surface area contributed by atoms with E-state index in [2.05, 4.69) is 10.1 Å². The van der Waals surface area contributed by atoms with Crippen molar-refractivity contribution in [2.24, 2.45) is 5.16 Å². The molecule has 0 spiro atoms. The highest BCUT2D eigenvalue weighted by molar-refractivity contribution is 6.40. The molecule has 1 amide bonds. The van der Waals surface area contributed by atoms with Gasteiger partial charge in [0.25, 0.3) is 5.91 Å². The average Bonchev–Trinajstić information content (AvgIpc) is 3.32. The smallest absolute Gasteiger partial charge is 0.263 e. The van der Waals surface area contributed by atoms with Crippen LogP contribution in [0, 0.1) is 0 Å². The van der Waals surface area contributed by atoms with Crippen LogP contribution in [0.3, 0.4) is 0 Å². The van der Waals surface area contributed by atoms with Gasteiger partial charge < -0.3 is 14.3 Å². The number of ether oxygens (including phenoxy) is 2. The average molecular weight is 576 g/mol. The molecule has 4 aromatic rings. The Morgan fingerprint density at radius 2 is 1.62 bits per heavy atom. The molecule has 0 fully saturated rings. The van der Waals surface area contributed by atoms with Crippen molar-refractivity contribution < 1.29 is 19.1 Å². The Labute approximate surface area is 242 Å². The summed E-state index contributed by atoms with van der Waals surface area (Å²) in [6.07, 6.45) is 3.54. The van der Waals surface area contributed by atoms with Crippen LogP contribution in [0.2, 0.25) is 10.0 Å². The highest BCUT2D eigenvalue weighted by atomic mass is 35.5. The summed E-state index contributed by atoms with van der Waals surface area (Å²) in [5.41, 5.74) is 2.53. The minimum Gasteiger partial charge on any atom is -0.485 e. The van der Waals surface area contributed by atoms with E-state index >= 15 is 0 Å². The summed E-state index contributed by atoms with van der Waals surface area (Å²) < 4.78 is 12.4. The maximum Gasteiger partial charge on any atom is 0.263 e. The molecule has 40 heavy (non-hydrogen) atoms. The third kappa shape index (κ3) is 6.22. The minimum absolute atomic E-state index is 0.206. The molecular formula is C31H27Cl2N3O4. The molecule has 1 aromatic heterocycles. The van der Waals surface area contributed by atoms with Crippen LogP contribution in [0.5, 0.6) is 11.5 Å². The van der Waals surface area contributed by atoms with E-state index in [4.69, 9.17) is 37.5 Å². The standard InChI is InChI=1S/C31H27Cl2N3O4/c1-21-16-31(2,40-35-21)20-39-28-15-23(13-14-27(28)38-19-22-9-5-3-6-10-22)30(37)36(24-11-7-4-8-12-24)29-25(32)17-34-18-26(29)33/h3-15,17-18H,16,19-20H2,1-2H3. The number of hydrogen-bond donors (Lipinski definition) is 0. The largest absolute Gasteiger partial charge is 0.485 e. The van der Waals surface area contributed by atoms with E-state index in [0.717, 1.165) is 11.3 Å². The molecule has 0 aliphatic carbocycles. The number of halogens is 2. The lowest BCUT2D eigenvalue weighted by Crippen LogP contribution is -2.32. The summed E-state index contributed by atoms with van der Waals surface area (Å²) in [6, 6.07) is 24.0. The number of para-hydroxylation sites is 1. The maximum atomic E-state index is 14.1. The minimum atomic E-state index is -0.630. The number of anilines is 2. The van der Waals surface area contributed by atoms with Gasteiger partial charge in [0.05, 0.1) is 21.4 Å². The fourth-order valence-electron chi connectivity index (χ4n) is 4.38. The summed E-state index contributed by atoms with van der Waals surface area (Å²) in [5.74, 6) is 0.533. The Balaban J connectivity index is 1.50. The molecule has 0 saturated carbocycles. The zero-order chi connectivity index (χ0) is 28.1. The van der Waals surface area contributed by atoms with Gasteiger partial charge >= 0.3 is 0 Å². The number of hydrogen-bond acceptors (Lipinski definition) is 6. The number of amides is 1. The Morgan fingerprint density at radius 1 is 0.950 bits per heavy atom. The molecule has 0 bridgehead atoms. The topological polar surface area (TPSA) is 73.3 Å². The van der Waals surface area contributed by atoms with Crippen molar-refractivity contribution in [2.75, 3.05) is 11.5 Å². The van der Waals surface area contributed by atoms with Crippen LogP contribution in [-0.2, 0) is 11.4 Å². The van der Waals surface area contributed by atoms with Gasteiger partial charge in [-0.25, -0.2) is 0 Å². The van der Waals surface area contributed by atoms with Gasteiger partial charge in [-0.15, -0.1) is 0 Å². The van der Waals surface area contributed by atoms with Crippen LogP contribution in [0.25, 0.3) is 0 Å². The molecule has 1 aliphatic rings. The van der Waals surface area contributed by atoms with E-state index in [1.807, 2.05) is 62.4 Å². The van der Waals surface area contributed by atoms with E-state index in [0.29, 0.717) is 41.5 Å². The zero-order valence-corrected chi connectivity index (χ0v) is 23.5. The van der Waals surface area contributed by atoms with Crippen molar-refractivity contribution in [3.05, 3.63) is 112 Å². The number of carbonyl (C=O) groups excluding carboxylic acids is 1. The van der Waals surface area contributed by atoms with Crippen molar-refractivity contribution in [1.82, 2.24) is 4.98 Å². The lowest BCUT2D eigenvalue weighted by Gasteiger charge is -2.26. The molecule has 0 saturated heterocycles. The molecular weight excluding hydrogens is 549 g/mol. The van der Waals surface area contributed by atoms with Crippen molar-refractivity contribution >= 4 is 46.2 Å². The van der Waals surface area contributed by atoms with Crippen LogP contribution in [0.1, 0.15) is 36.2 Å². The predicted molar refractivity (Wildman–Crippen MR) is 157 cm³/mol. The summed E-state index contributed by atoms with van der Waals surface area (Å²) in [6.45, 7) is 4.37. The normalized spacial score (nSPS) is 16.1. The number of aromatic nitrogens is 1. The van der Waals surface area contributed by atoms with Gasteiger partial charge in [0.2, 0.25) is 0 Å². The lowest BCUT2D eigenvalue weighted by atomic mass is 10.0. The fraction of sp³-hybridized carbons (Fsp3) is 0.194. The van der Waals surface area contributed by atoms with Gasteiger partial charge in [0.1, 0.15) is 13.2 Å². The maximum absolute atomic E-state index is 14.1. The lowest BCUT2D eigenvalue weighted by molar-refractivity contribution is -0.0362. The van der Waals surface area contributed by atoms with Crippen LogP contribution >= 0.6 is 23.2 Å². The molecule has 1 atom stereocenters. The molecule has 1 aliphatic heterocycles. The quantitative estimate of drug-likeness (QED) is 0.203. The summed E-state index contributed by atoms with van der Waals surface area (Å²) in [4.78, 5) is 25.2. The molecule has 204 valence electrons. The number of benzene rings is 3. The summed E-state index contributed by atoms with van der Waals surface area (Å²) in [7, 11) is 0. The molecule has 3 aromatic carbocycles. The summed E-state index contributed by atoms with van der Waals surface area (Å²) in [5, 5.41) is 4.55. The van der Waals surface area contributed by atoms with Crippen molar-refractivity contribution in [1.29, 1.82) is 0 Å². The first-order valence-corrected chi connectivity index (χ1v) is 13.4. The molecule has 5 rings (SSSR count). The van der Waals surface area contributed by atoms with Crippen molar-refractivity contribution in [2.45, 2.75) is 32.5 Å². The van der Waals surface area contributed by atoms with E-state index < -0.39 is 5.60 Å². The first-order valence-electron chi connectivity index (χ1n) is 12.7. The highest BCUT2D eigenvalue weighted by Gasteiger charge is 2.34. The predicted octanol–water partition coefficient (Wildman–Crippen LogP) is 7.88. The third-order valence-corrected chi connectivity index (χ3v) is 6.83. The second kappa shape index (κ2) is 12.0. The van der Waals surface area contributed by atoms with Gasteiger partial charge in [0.15, 0.2) is 17.1 Å². The Hall–Kier alpha value is -4.07. The van der Waals surface area contributed by atoms with Gasteiger partial charge in [-0.2, -0.15) is 0 Å². The first-order chi connectivity index (χ1) is 19.3. The van der Waals surface area contributed by atoms with E-state index in [1.54, 1.807) is 30.3 Å². The Bertz CT molecular complexity index is 1510. The van der Waals surface area contributed by atoms with Gasteiger partial charge in [-0.3, -0.25) is 14.7 Å². The second-order valence-corrected chi connectivity index (χ2v) is 10.5. The van der Waals surface area contributed by atoms with E-state index in [9.17, 15) is 4.79 Å². The number of pyridine rings is 1.